The number of nitrogens with one attached hydrogen (secondary N) is 1. The molecule has 1 N–H and O–H groups in total. The van der Waals surface area contributed by atoms with Crippen LogP contribution in [-0.4, -0.2) is 12.6 Å². The third-order valence-electron chi connectivity index (χ3n) is 3.88. The first-order chi connectivity index (χ1) is 8.67. The smallest absolute Gasteiger partial charge is 0.126 e. The number of aryl methyl sites for hydroxylation is 1. The zero-order valence-corrected chi connectivity index (χ0v) is 10.9. The molecule has 18 heavy (non-hydrogen) atoms. The molecule has 100 valence electrons. The second-order valence-corrected chi connectivity index (χ2v) is 5.27. The van der Waals surface area contributed by atoms with Gasteiger partial charge in [-0.1, -0.05) is 13.3 Å². The van der Waals surface area contributed by atoms with E-state index in [1.54, 1.807) is 0 Å². The first kappa shape index (κ1) is 13.5. The molecule has 0 aromatic heterocycles. The molecule has 1 aliphatic rings. The van der Waals surface area contributed by atoms with Gasteiger partial charge in [-0.05, 0) is 55.8 Å². The number of halogens is 2. The minimum Gasteiger partial charge on any atom is -0.314 e. The van der Waals surface area contributed by atoms with Gasteiger partial charge in [-0.3, -0.25) is 0 Å². The predicted octanol–water partition coefficient (Wildman–Crippen LogP) is 3.68. The van der Waals surface area contributed by atoms with Gasteiger partial charge in [0.05, 0.1) is 0 Å². The number of benzene rings is 1. The Morgan fingerprint density at radius 3 is 2.61 bits per heavy atom. The first-order valence-electron chi connectivity index (χ1n) is 6.85. The number of rotatable bonds is 4. The Hall–Kier alpha value is -0.960. The molecule has 2 rings (SSSR count). The van der Waals surface area contributed by atoms with Gasteiger partial charge in [0.2, 0.25) is 0 Å². The van der Waals surface area contributed by atoms with Gasteiger partial charge in [-0.15, -0.1) is 0 Å². The molecule has 1 saturated heterocycles. The van der Waals surface area contributed by atoms with Gasteiger partial charge in [-0.2, -0.15) is 0 Å². The Balaban J connectivity index is 1.87. The van der Waals surface area contributed by atoms with Crippen LogP contribution in [0, 0.1) is 17.6 Å². The summed E-state index contributed by atoms with van der Waals surface area (Å²) in [6.45, 7) is 3.30. The van der Waals surface area contributed by atoms with E-state index in [-0.39, 0.29) is 0 Å². The lowest BCUT2D eigenvalue weighted by molar-refractivity contribution is 0.285. The zero-order chi connectivity index (χ0) is 13.0. The van der Waals surface area contributed by atoms with Crippen molar-refractivity contribution in [3.8, 4) is 0 Å². The van der Waals surface area contributed by atoms with Crippen molar-refractivity contribution in [2.45, 2.75) is 45.1 Å². The van der Waals surface area contributed by atoms with Gasteiger partial charge in [0, 0.05) is 12.1 Å². The summed E-state index contributed by atoms with van der Waals surface area (Å²) >= 11 is 0. The van der Waals surface area contributed by atoms with Gasteiger partial charge in [0.1, 0.15) is 11.6 Å². The molecule has 2 atom stereocenters. The molecular weight excluding hydrogens is 232 g/mol. The van der Waals surface area contributed by atoms with Crippen molar-refractivity contribution in [2.24, 2.45) is 5.92 Å². The van der Waals surface area contributed by atoms with Crippen LogP contribution in [-0.2, 0) is 6.42 Å². The highest BCUT2D eigenvalue weighted by atomic mass is 19.1. The molecule has 1 nitrogen and oxygen atoms in total. The van der Waals surface area contributed by atoms with Crippen LogP contribution < -0.4 is 5.32 Å². The molecule has 0 aliphatic carbocycles. The fourth-order valence-corrected chi connectivity index (χ4v) is 2.78. The van der Waals surface area contributed by atoms with E-state index < -0.39 is 11.6 Å². The summed E-state index contributed by atoms with van der Waals surface area (Å²) in [5, 5.41) is 3.50. The van der Waals surface area contributed by atoms with Crippen molar-refractivity contribution >= 4 is 0 Å². The minimum atomic E-state index is -0.479. The van der Waals surface area contributed by atoms with Crippen LogP contribution in [0.2, 0.25) is 0 Å². The second kappa shape index (κ2) is 6.28. The van der Waals surface area contributed by atoms with Crippen molar-refractivity contribution in [3.05, 3.63) is 35.4 Å². The van der Waals surface area contributed by atoms with Gasteiger partial charge in [-0.25, -0.2) is 8.78 Å². The van der Waals surface area contributed by atoms with Crippen molar-refractivity contribution in [1.29, 1.82) is 0 Å². The van der Waals surface area contributed by atoms with Crippen molar-refractivity contribution in [1.82, 2.24) is 5.32 Å². The van der Waals surface area contributed by atoms with Gasteiger partial charge in [0.15, 0.2) is 0 Å². The molecule has 1 fully saturated rings. The van der Waals surface area contributed by atoms with E-state index in [0.29, 0.717) is 6.04 Å². The third-order valence-corrected chi connectivity index (χ3v) is 3.88. The van der Waals surface area contributed by atoms with E-state index in [4.69, 9.17) is 0 Å². The Morgan fingerprint density at radius 1 is 1.22 bits per heavy atom. The SMILES string of the molecule is CCC1CCNC(CCc2cc(F)cc(F)c2)C1. The summed E-state index contributed by atoms with van der Waals surface area (Å²) in [6.07, 6.45) is 5.37. The lowest BCUT2D eigenvalue weighted by Crippen LogP contribution is -2.38. The predicted molar refractivity (Wildman–Crippen MR) is 69.5 cm³/mol. The summed E-state index contributed by atoms with van der Waals surface area (Å²) in [5.74, 6) is -0.151. The van der Waals surface area contributed by atoms with E-state index in [2.05, 4.69) is 12.2 Å². The topological polar surface area (TPSA) is 12.0 Å². The molecule has 0 bridgehead atoms. The van der Waals surface area contributed by atoms with Gasteiger partial charge >= 0.3 is 0 Å². The van der Waals surface area contributed by atoms with Crippen LogP contribution >= 0.6 is 0 Å². The highest BCUT2D eigenvalue weighted by Gasteiger charge is 2.19. The van der Waals surface area contributed by atoms with E-state index >= 15 is 0 Å². The summed E-state index contributed by atoms with van der Waals surface area (Å²) in [7, 11) is 0. The van der Waals surface area contributed by atoms with Crippen LogP contribution in [0.1, 0.15) is 38.2 Å². The molecule has 1 aromatic rings. The Morgan fingerprint density at radius 2 is 1.94 bits per heavy atom. The normalized spacial score (nSPS) is 24.2. The Kier molecular flexibility index (Phi) is 4.70. The molecule has 0 radical (unpaired) electrons. The maximum Gasteiger partial charge on any atom is 0.126 e. The highest BCUT2D eigenvalue weighted by molar-refractivity contribution is 5.18. The third kappa shape index (κ3) is 3.77. The van der Waals surface area contributed by atoms with Crippen LogP contribution in [0.5, 0.6) is 0 Å². The number of hydrogen-bond donors (Lipinski definition) is 1. The molecule has 0 amide bonds. The average Bonchev–Trinajstić information content (AvgIpc) is 2.35. The first-order valence-corrected chi connectivity index (χ1v) is 6.85. The van der Waals surface area contributed by atoms with Gasteiger partial charge < -0.3 is 5.32 Å². The largest absolute Gasteiger partial charge is 0.314 e. The van der Waals surface area contributed by atoms with Crippen molar-refractivity contribution in [2.75, 3.05) is 6.54 Å². The molecular formula is C15H21F2N. The molecule has 1 aromatic carbocycles. The van der Waals surface area contributed by atoms with Gasteiger partial charge in [0.25, 0.3) is 0 Å². The number of hydrogen-bond acceptors (Lipinski definition) is 1. The summed E-state index contributed by atoms with van der Waals surface area (Å²) < 4.78 is 26.1. The van der Waals surface area contributed by atoms with Crippen molar-refractivity contribution < 1.29 is 8.78 Å². The van der Waals surface area contributed by atoms with E-state index in [0.717, 1.165) is 36.9 Å². The fourth-order valence-electron chi connectivity index (χ4n) is 2.78. The summed E-state index contributed by atoms with van der Waals surface area (Å²) in [5.41, 5.74) is 0.757. The molecule has 0 spiro atoms. The lowest BCUT2D eigenvalue weighted by atomic mass is 9.88. The van der Waals surface area contributed by atoms with Crippen LogP contribution in [0.25, 0.3) is 0 Å². The number of piperidine rings is 1. The standard InChI is InChI=1S/C15H21F2N/c1-2-11-5-6-18-15(9-11)4-3-12-7-13(16)10-14(17)8-12/h7-8,10-11,15,18H,2-6,9H2,1H3. The molecule has 0 saturated carbocycles. The lowest BCUT2D eigenvalue weighted by Gasteiger charge is -2.29. The maximum absolute atomic E-state index is 13.1. The molecule has 3 heteroatoms. The van der Waals surface area contributed by atoms with E-state index in [9.17, 15) is 8.78 Å². The quantitative estimate of drug-likeness (QED) is 0.863. The minimum absolute atomic E-state index is 0.479. The summed E-state index contributed by atoms with van der Waals surface area (Å²) in [6, 6.07) is 4.29. The van der Waals surface area contributed by atoms with E-state index in [1.807, 2.05) is 0 Å². The van der Waals surface area contributed by atoms with E-state index in [1.165, 1.54) is 31.4 Å². The maximum atomic E-state index is 13.1. The zero-order valence-electron chi connectivity index (χ0n) is 10.9. The Bertz CT molecular complexity index is 372. The Labute approximate surface area is 108 Å². The van der Waals surface area contributed by atoms with Crippen LogP contribution in [0.15, 0.2) is 18.2 Å². The average molecular weight is 253 g/mol. The van der Waals surface area contributed by atoms with Crippen LogP contribution in [0.3, 0.4) is 0 Å². The van der Waals surface area contributed by atoms with Crippen LogP contribution in [0.4, 0.5) is 8.78 Å². The second-order valence-electron chi connectivity index (χ2n) is 5.27. The summed E-state index contributed by atoms with van der Waals surface area (Å²) in [4.78, 5) is 0. The molecule has 1 aliphatic heterocycles. The fraction of sp³-hybridized carbons (Fsp3) is 0.600. The highest BCUT2D eigenvalue weighted by Crippen LogP contribution is 2.22. The van der Waals surface area contributed by atoms with Crippen molar-refractivity contribution in [3.63, 3.8) is 0 Å². The molecule has 2 unspecified atom stereocenters. The monoisotopic (exact) mass is 253 g/mol. The molecule has 1 heterocycles.